The molecular formula is C20H32NaO2. The van der Waals surface area contributed by atoms with Gasteiger partial charge < -0.3 is 4.74 Å². The molecule has 0 unspecified atom stereocenters. The Hall–Kier alpha value is -0.310. The van der Waals surface area contributed by atoms with Crippen molar-refractivity contribution in [3.05, 3.63) is 29.8 Å². The van der Waals surface area contributed by atoms with Crippen molar-refractivity contribution in [2.75, 3.05) is 0 Å². The summed E-state index contributed by atoms with van der Waals surface area (Å²) in [6, 6.07) is 7.87. The van der Waals surface area contributed by atoms with Crippen molar-refractivity contribution in [3.63, 3.8) is 0 Å². The quantitative estimate of drug-likeness (QED) is 0.213. The van der Waals surface area contributed by atoms with Gasteiger partial charge in [0.1, 0.15) is 5.75 Å². The molecule has 0 saturated carbocycles. The molecule has 1 radical (unpaired) electrons. The smallest absolute Gasteiger partial charge is 0.308 e. The van der Waals surface area contributed by atoms with Crippen molar-refractivity contribution in [3.8, 4) is 5.75 Å². The standard InChI is InChI=1S/C20H32O2.Na/c1-3-4-5-6-7-8-9-10-11-12-15-19-16-13-14-17-20(19)22-18(2)21;/h13-14,16-17H,3-12,15H2,1-2H3;. The summed E-state index contributed by atoms with van der Waals surface area (Å²) in [7, 11) is 0. The molecule has 0 aliphatic carbocycles. The molecule has 0 N–H and O–H groups in total. The van der Waals surface area contributed by atoms with Crippen LogP contribution in [-0.4, -0.2) is 35.5 Å². The van der Waals surface area contributed by atoms with Gasteiger partial charge in [-0.2, -0.15) is 0 Å². The summed E-state index contributed by atoms with van der Waals surface area (Å²) in [5.74, 6) is 0.487. The Labute approximate surface area is 164 Å². The first-order valence-electron chi connectivity index (χ1n) is 9.00. The average molecular weight is 327 g/mol. The van der Waals surface area contributed by atoms with Gasteiger partial charge in [0.15, 0.2) is 0 Å². The zero-order chi connectivity index (χ0) is 16.0. The molecule has 0 amide bonds. The molecule has 0 heterocycles. The van der Waals surface area contributed by atoms with Gasteiger partial charge in [-0.15, -0.1) is 0 Å². The predicted molar refractivity (Wildman–Crippen MR) is 99.1 cm³/mol. The number of hydrogen-bond acceptors (Lipinski definition) is 2. The molecule has 1 aromatic carbocycles. The number of carbonyl (C=O) groups excluding carboxylic acids is 1. The van der Waals surface area contributed by atoms with Crippen LogP contribution in [0, 0.1) is 0 Å². The SMILES string of the molecule is CCCCCCCCCCCCc1ccccc1OC(C)=O.[Na]. The predicted octanol–water partition coefficient (Wildman–Crippen LogP) is 5.69. The van der Waals surface area contributed by atoms with E-state index < -0.39 is 0 Å². The first-order valence-corrected chi connectivity index (χ1v) is 9.00. The van der Waals surface area contributed by atoms with Crippen LogP contribution >= 0.6 is 0 Å². The minimum Gasteiger partial charge on any atom is -0.426 e. The Morgan fingerprint density at radius 3 is 1.96 bits per heavy atom. The summed E-state index contributed by atoms with van der Waals surface area (Å²) in [5.41, 5.74) is 1.15. The zero-order valence-electron chi connectivity index (χ0n) is 15.4. The molecule has 3 heteroatoms. The molecule has 0 aromatic heterocycles. The molecule has 1 aromatic rings. The average Bonchev–Trinajstić information content (AvgIpc) is 2.50. The largest absolute Gasteiger partial charge is 0.426 e. The summed E-state index contributed by atoms with van der Waals surface area (Å²) in [6.07, 6.45) is 14.4. The van der Waals surface area contributed by atoms with E-state index in [-0.39, 0.29) is 35.5 Å². The van der Waals surface area contributed by atoms with Crippen LogP contribution in [0.15, 0.2) is 24.3 Å². The molecule has 0 aliphatic heterocycles. The van der Waals surface area contributed by atoms with Gasteiger partial charge >= 0.3 is 5.97 Å². The molecule has 0 aliphatic rings. The number of aryl methyl sites for hydroxylation is 1. The van der Waals surface area contributed by atoms with Crippen LogP contribution in [-0.2, 0) is 11.2 Å². The van der Waals surface area contributed by atoms with Gasteiger partial charge in [0, 0.05) is 36.5 Å². The van der Waals surface area contributed by atoms with Gasteiger partial charge in [-0.05, 0) is 24.5 Å². The Kier molecular flexibility index (Phi) is 15.0. The second kappa shape index (κ2) is 15.2. The van der Waals surface area contributed by atoms with Crippen LogP contribution in [0.3, 0.4) is 0 Å². The molecular weight excluding hydrogens is 295 g/mol. The molecule has 0 bridgehead atoms. The zero-order valence-corrected chi connectivity index (χ0v) is 17.4. The van der Waals surface area contributed by atoms with Gasteiger partial charge in [0.2, 0.25) is 0 Å². The molecule has 2 nitrogen and oxygen atoms in total. The molecule has 1 rings (SSSR count). The molecule has 0 fully saturated rings. The number of ether oxygens (including phenoxy) is 1. The number of carbonyl (C=O) groups is 1. The van der Waals surface area contributed by atoms with E-state index in [4.69, 9.17) is 4.74 Å². The molecule has 0 atom stereocenters. The molecule has 0 spiro atoms. The van der Waals surface area contributed by atoms with Crippen molar-refractivity contribution in [2.24, 2.45) is 0 Å². The number of para-hydroxylation sites is 1. The van der Waals surface area contributed by atoms with Crippen LogP contribution in [0.2, 0.25) is 0 Å². The Balaban J connectivity index is 0.00000484. The molecule has 23 heavy (non-hydrogen) atoms. The van der Waals surface area contributed by atoms with Gasteiger partial charge in [0.25, 0.3) is 0 Å². The summed E-state index contributed by atoms with van der Waals surface area (Å²) in [4.78, 5) is 11.1. The summed E-state index contributed by atoms with van der Waals surface area (Å²) < 4.78 is 5.25. The van der Waals surface area contributed by atoms with E-state index in [1.54, 1.807) is 0 Å². The Morgan fingerprint density at radius 2 is 1.39 bits per heavy atom. The van der Waals surface area contributed by atoms with Gasteiger partial charge in [-0.1, -0.05) is 82.9 Å². The molecule has 125 valence electrons. The van der Waals surface area contributed by atoms with Crippen molar-refractivity contribution < 1.29 is 9.53 Å². The van der Waals surface area contributed by atoms with E-state index in [0.717, 1.165) is 17.7 Å². The van der Waals surface area contributed by atoms with E-state index >= 15 is 0 Å². The van der Waals surface area contributed by atoms with Crippen LogP contribution < -0.4 is 4.74 Å². The number of esters is 1. The first kappa shape index (κ1) is 22.7. The Morgan fingerprint density at radius 1 is 0.870 bits per heavy atom. The normalized spacial score (nSPS) is 10.2. The fourth-order valence-electron chi connectivity index (χ4n) is 2.77. The fraction of sp³-hybridized carbons (Fsp3) is 0.650. The maximum absolute atomic E-state index is 11.1. The van der Waals surface area contributed by atoms with Crippen LogP contribution in [0.25, 0.3) is 0 Å². The molecule has 0 saturated heterocycles. The van der Waals surface area contributed by atoms with Crippen molar-refractivity contribution in [1.29, 1.82) is 0 Å². The van der Waals surface area contributed by atoms with Crippen molar-refractivity contribution >= 4 is 35.5 Å². The van der Waals surface area contributed by atoms with Gasteiger partial charge in [-0.3, -0.25) is 4.79 Å². The minimum absolute atomic E-state index is 0. The van der Waals surface area contributed by atoms with E-state index in [1.807, 2.05) is 18.2 Å². The van der Waals surface area contributed by atoms with Crippen LogP contribution in [0.1, 0.15) is 83.6 Å². The number of rotatable bonds is 12. The second-order valence-corrected chi connectivity index (χ2v) is 6.13. The maximum atomic E-state index is 11.1. The van der Waals surface area contributed by atoms with Gasteiger partial charge in [0.05, 0.1) is 0 Å². The van der Waals surface area contributed by atoms with Crippen molar-refractivity contribution in [2.45, 2.75) is 84.5 Å². The third-order valence-electron chi connectivity index (χ3n) is 4.03. The van der Waals surface area contributed by atoms with E-state index in [0.29, 0.717) is 0 Å². The second-order valence-electron chi connectivity index (χ2n) is 6.13. The fourth-order valence-corrected chi connectivity index (χ4v) is 2.77. The van der Waals surface area contributed by atoms with E-state index in [2.05, 4.69) is 13.0 Å². The van der Waals surface area contributed by atoms with E-state index in [1.165, 1.54) is 71.1 Å². The number of unbranched alkanes of at least 4 members (excludes halogenated alkanes) is 9. The van der Waals surface area contributed by atoms with E-state index in [9.17, 15) is 4.79 Å². The van der Waals surface area contributed by atoms with Gasteiger partial charge in [-0.25, -0.2) is 0 Å². The number of benzene rings is 1. The number of hydrogen-bond donors (Lipinski definition) is 0. The van der Waals surface area contributed by atoms with Crippen LogP contribution in [0.5, 0.6) is 5.75 Å². The van der Waals surface area contributed by atoms with Crippen molar-refractivity contribution in [1.82, 2.24) is 0 Å². The topological polar surface area (TPSA) is 26.3 Å². The first-order chi connectivity index (χ1) is 10.7. The summed E-state index contributed by atoms with van der Waals surface area (Å²) in [5, 5.41) is 0. The maximum Gasteiger partial charge on any atom is 0.308 e. The minimum atomic E-state index is -0.240. The third-order valence-corrected chi connectivity index (χ3v) is 4.03. The summed E-state index contributed by atoms with van der Waals surface area (Å²) >= 11 is 0. The summed E-state index contributed by atoms with van der Waals surface area (Å²) in [6.45, 7) is 3.72. The monoisotopic (exact) mass is 327 g/mol. The Bertz CT molecular complexity index is 418. The third kappa shape index (κ3) is 11.8. The van der Waals surface area contributed by atoms with Crippen LogP contribution in [0.4, 0.5) is 0 Å².